The van der Waals surface area contributed by atoms with Crippen LogP contribution in [0.2, 0.25) is 0 Å². The fourth-order valence-electron chi connectivity index (χ4n) is 3.39. The summed E-state index contributed by atoms with van der Waals surface area (Å²) in [7, 11) is 0. The van der Waals surface area contributed by atoms with Gasteiger partial charge in [-0.15, -0.1) is 0 Å². The number of rotatable bonds is 0. The van der Waals surface area contributed by atoms with E-state index in [-0.39, 0.29) is 0 Å². The van der Waals surface area contributed by atoms with Crippen LogP contribution in [0.4, 0.5) is 0 Å². The highest BCUT2D eigenvalue weighted by Crippen LogP contribution is 2.37. The molecule has 0 atom stereocenters. The normalized spacial score (nSPS) is 12.0. The number of pyridine rings is 1. The summed E-state index contributed by atoms with van der Waals surface area (Å²) in [4.78, 5) is 4.25. The summed E-state index contributed by atoms with van der Waals surface area (Å²) in [6.45, 7) is 0. The highest BCUT2D eigenvalue weighted by molar-refractivity contribution is 6.28. The van der Waals surface area contributed by atoms with E-state index in [0.29, 0.717) is 0 Å². The Hall–Kier alpha value is -2.67. The van der Waals surface area contributed by atoms with Crippen LogP contribution in [0, 0.1) is 0 Å². The van der Waals surface area contributed by atoms with E-state index in [1.807, 2.05) is 12.4 Å². The molecule has 0 amide bonds. The molecule has 0 spiro atoms. The summed E-state index contributed by atoms with van der Waals surface area (Å²) < 4.78 is 0. The third-order valence-electron chi connectivity index (χ3n) is 4.26. The van der Waals surface area contributed by atoms with Gasteiger partial charge in [0.15, 0.2) is 0 Å². The second-order valence-electron chi connectivity index (χ2n) is 5.33. The van der Waals surface area contributed by atoms with Gasteiger partial charge in [-0.25, -0.2) is 0 Å². The highest BCUT2D eigenvalue weighted by atomic mass is 14.6. The predicted octanol–water partition coefficient (Wildman–Crippen LogP) is 5.13. The molecule has 4 aromatic carbocycles. The molecule has 0 saturated heterocycles. The van der Waals surface area contributed by atoms with Crippen molar-refractivity contribution in [3.05, 3.63) is 67.0 Å². The molecule has 5 aromatic rings. The Bertz CT molecular complexity index is 1080. The molecule has 20 heavy (non-hydrogen) atoms. The predicted molar refractivity (Wildman–Crippen MR) is 85.4 cm³/mol. The molecule has 0 bridgehead atoms. The molecule has 1 aromatic heterocycles. The number of nitrogens with zero attached hydrogens (tertiary/aromatic N) is 1. The summed E-state index contributed by atoms with van der Waals surface area (Å²) in [6, 6.07) is 19.8. The summed E-state index contributed by atoms with van der Waals surface area (Å²) in [5.74, 6) is 0. The molecule has 0 unspecified atom stereocenters. The standard InChI is InChI=1S/C19H11N/c1-2-12-4-5-14-10-15-11-20-9-8-16(15)17-7-6-13(3-1)18(12)19(14)17/h1-11H. The van der Waals surface area contributed by atoms with Gasteiger partial charge in [-0.2, -0.15) is 0 Å². The molecule has 1 heteroatoms. The summed E-state index contributed by atoms with van der Waals surface area (Å²) >= 11 is 0. The third kappa shape index (κ3) is 1.15. The summed E-state index contributed by atoms with van der Waals surface area (Å²) in [5.41, 5.74) is 0. The quantitative estimate of drug-likeness (QED) is 0.275. The zero-order valence-electron chi connectivity index (χ0n) is 10.8. The van der Waals surface area contributed by atoms with Gasteiger partial charge in [0.1, 0.15) is 0 Å². The van der Waals surface area contributed by atoms with E-state index in [1.54, 1.807) is 0 Å². The van der Waals surface area contributed by atoms with Gasteiger partial charge in [-0.1, -0.05) is 42.5 Å². The molecule has 0 saturated carbocycles. The average molecular weight is 253 g/mol. The van der Waals surface area contributed by atoms with Crippen LogP contribution in [-0.2, 0) is 0 Å². The van der Waals surface area contributed by atoms with Crippen LogP contribution in [0.3, 0.4) is 0 Å². The van der Waals surface area contributed by atoms with Crippen molar-refractivity contribution in [3.8, 4) is 0 Å². The van der Waals surface area contributed by atoms with Crippen molar-refractivity contribution in [1.29, 1.82) is 0 Å². The number of hydrogen-bond acceptors (Lipinski definition) is 1. The monoisotopic (exact) mass is 253 g/mol. The van der Waals surface area contributed by atoms with Gasteiger partial charge in [-0.05, 0) is 49.8 Å². The molecular formula is C19H11N. The van der Waals surface area contributed by atoms with Crippen LogP contribution in [0.5, 0.6) is 0 Å². The molecule has 0 aliphatic rings. The zero-order chi connectivity index (χ0) is 13.1. The number of aromatic nitrogens is 1. The molecule has 1 heterocycles. The smallest absolute Gasteiger partial charge is 0.0346 e. The fraction of sp³-hybridized carbons (Fsp3) is 0. The molecule has 92 valence electrons. The van der Waals surface area contributed by atoms with E-state index in [4.69, 9.17) is 0 Å². The molecule has 0 radical (unpaired) electrons. The summed E-state index contributed by atoms with van der Waals surface area (Å²) in [6.07, 6.45) is 3.82. The van der Waals surface area contributed by atoms with Crippen LogP contribution in [-0.4, -0.2) is 4.98 Å². The van der Waals surface area contributed by atoms with Crippen molar-refractivity contribution in [2.24, 2.45) is 0 Å². The molecule has 1 nitrogen and oxygen atoms in total. The van der Waals surface area contributed by atoms with E-state index < -0.39 is 0 Å². The minimum absolute atomic E-state index is 1.21. The fourth-order valence-corrected chi connectivity index (χ4v) is 3.39. The molecule has 0 aliphatic carbocycles. The van der Waals surface area contributed by atoms with E-state index in [9.17, 15) is 0 Å². The lowest BCUT2D eigenvalue weighted by Gasteiger charge is -2.12. The van der Waals surface area contributed by atoms with Crippen molar-refractivity contribution in [3.63, 3.8) is 0 Å². The maximum Gasteiger partial charge on any atom is 0.0346 e. The number of benzene rings is 4. The van der Waals surface area contributed by atoms with E-state index in [0.717, 1.165) is 0 Å². The van der Waals surface area contributed by atoms with E-state index in [1.165, 1.54) is 43.1 Å². The first-order chi connectivity index (χ1) is 9.92. The number of fused-ring (bicyclic) bond motifs is 2. The van der Waals surface area contributed by atoms with Gasteiger partial charge >= 0.3 is 0 Å². The first kappa shape index (κ1) is 10.2. The average Bonchev–Trinajstić information content (AvgIpc) is 2.52. The Morgan fingerprint density at radius 3 is 2.30 bits per heavy atom. The molecule has 0 fully saturated rings. The molecule has 5 rings (SSSR count). The second kappa shape index (κ2) is 3.45. The Kier molecular flexibility index (Phi) is 1.75. The number of hydrogen-bond donors (Lipinski definition) is 0. The van der Waals surface area contributed by atoms with Crippen molar-refractivity contribution in [1.82, 2.24) is 4.98 Å². The van der Waals surface area contributed by atoms with E-state index >= 15 is 0 Å². The van der Waals surface area contributed by atoms with Gasteiger partial charge in [0.2, 0.25) is 0 Å². The lowest BCUT2D eigenvalue weighted by atomic mass is 9.92. The molecule has 0 N–H and O–H groups in total. The third-order valence-corrected chi connectivity index (χ3v) is 4.26. The largest absolute Gasteiger partial charge is 0.264 e. The maximum atomic E-state index is 4.25. The Labute approximate surface area is 115 Å². The SMILES string of the molecule is c1cc2ccc3cc4cnccc4c4ccc(c1)c2c34. The lowest BCUT2D eigenvalue weighted by Crippen LogP contribution is -1.85. The van der Waals surface area contributed by atoms with Crippen molar-refractivity contribution < 1.29 is 0 Å². The first-order valence-electron chi connectivity index (χ1n) is 6.82. The van der Waals surface area contributed by atoms with Gasteiger partial charge in [0.25, 0.3) is 0 Å². The van der Waals surface area contributed by atoms with Crippen LogP contribution < -0.4 is 0 Å². The van der Waals surface area contributed by atoms with Crippen molar-refractivity contribution >= 4 is 43.1 Å². The first-order valence-corrected chi connectivity index (χ1v) is 6.82. The maximum absolute atomic E-state index is 4.25. The second-order valence-corrected chi connectivity index (χ2v) is 5.33. The van der Waals surface area contributed by atoms with Gasteiger partial charge in [0, 0.05) is 17.8 Å². The highest BCUT2D eigenvalue weighted by Gasteiger charge is 2.10. The molecule has 0 aliphatic heterocycles. The van der Waals surface area contributed by atoms with Gasteiger partial charge < -0.3 is 0 Å². The van der Waals surface area contributed by atoms with Crippen molar-refractivity contribution in [2.45, 2.75) is 0 Å². The van der Waals surface area contributed by atoms with Crippen molar-refractivity contribution in [2.75, 3.05) is 0 Å². The van der Waals surface area contributed by atoms with Gasteiger partial charge in [-0.3, -0.25) is 4.98 Å². The van der Waals surface area contributed by atoms with E-state index in [2.05, 4.69) is 59.6 Å². The molecular weight excluding hydrogens is 242 g/mol. The zero-order valence-corrected chi connectivity index (χ0v) is 10.8. The van der Waals surface area contributed by atoms with Crippen LogP contribution in [0.15, 0.2) is 67.0 Å². The van der Waals surface area contributed by atoms with Crippen LogP contribution >= 0.6 is 0 Å². The van der Waals surface area contributed by atoms with Gasteiger partial charge in [0.05, 0.1) is 0 Å². The Balaban J connectivity index is 2.23. The Morgan fingerprint density at radius 2 is 1.40 bits per heavy atom. The van der Waals surface area contributed by atoms with Crippen LogP contribution in [0.1, 0.15) is 0 Å². The minimum atomic E-state index is 1.21. The Morgan fingerprint density at radius 1 is 0.600 bits per heavy atom. The topological polar surface area (TPSA) is 12.9 Å². The summed E-state index contributed by atoms with van der Waals surface area (Å²) in [5, 5.41) is 10.5. The lowest BCUT2D eigenvalue weighted by molar-refractivity contribution is 1.37. The van der Waals surface area contributed by atoms with Crippen LogP contribution in [0.25, 0.3) is 43.1 Å². The minimum Gasteiger partial charge on any atom is -0.264 e.